The van der Waals surface area contributed by atoms with Crippen molar-refractivity contribution in [2.24, 2.45) is 0 Å². The third-order valence-electron chi connectivity index (χ3n) is 3.48. The topological polar surface area (TPSA) is 76.5 Å². The van der Waals surface area contributed by atoms with E-state index in [1.807, 2.05) is 42.6 Å². The fraction of sp³-hybridized carbons (Fsp3) is 0.125. The molecule has 3 aromatic heterocycles. The molecule has 4 rings (SSSR count). The number of aryl methyl sites for hydroxylation is 1. The van der Waals surface area contributed by atoms with Crippen LogP contribution in [-0.4, -0.2) is 24.7 Å². The zero-order valence-corrected chi connectivity index (χ0v) is 14.4. The normalized spacial score (nSPS) is 11.2. The lowest BCUT2D eigenvalue weighted by molar-refractivity contribution is 0.815. The average molecular weight is 355 g/mol. The molecular formula is C16H13N5OS2. The van der Waals surface area contributed by atoms with Crippen molar-refractivity contribution in [3.05, 3.63) is 63.0 Å². The SMILES string of the molecule is Cc1nc(CSc2nc3[nH]ncc3c(=O)n2-c2ccccc2)cs1. The quantitative estimate of drug-likeness (QED) is 0.449. The Balaban J connectivity index is 1.82. The molecule has 8 heteroatoms. The van der Waals surface area contributed by atoms with E-state index >= 15 is 0 Å². The van der Waals surface area contributed by atoms with Gasteiger partial charge in [-0.2, -0.15) is 5.10 Å². The van der Waals surface area contributed by atoms with Gasteiger partial charge in [0.25, 0.3) is 5.56 Å². The van der Waals surface area contributed by atoms with Crippen LogP contribution in [0, 0.1) is 6.92 Å². The number of thioether (sulfide) groups is 1. The van der Waals surface area contributed by atoms with Gasteiger partial charge in [-0.3, -0.25) is 14.5 Å². The maximum absolute atomic E-state index is 12.9. The first-order valence-corrected chi connectivity index (χ1v) is 9.14. The zero-order chi connectivity index (χ0) is 16.5. The molecular weight excluding hydrogens is 342 g/mol. The summed E-state index contributed by atoms with van der Waals surface area (Å²) in [5, 5.41) is 10.9. The molecule has 0 aliphatic heterocycles. The number of benzene rings is 1. The highest BCUT2D eigenvalue weighted by molar-refractivity contribution is 7.98. The van der Waals surface area contributed by atoms with E-state index in [9.17, 15) is 4.79 Å². The van der Waals surface area contributed by atoms with Crippen molar-refractivity contribution >= 4 is 34.1 Å². The van der Waals surface area contributed by atoms with Crippen molar-refractivity contribution in [2.45, 2.75) is 17.8 Å². The van der Waals surface area contributed by atoms with Gasteiger partial charge in [0.15, 0.2) is 10.8 Å². The lowest BCUT2D eigenvalue weighted by Gasteiger charge is -2.11. The second kappa shape index (κ2) is 6.21. The smallest absolute Gasteiger partial charge is 0.268 e. The zero-order valence-electron chi connectivity index (χ0n) is 12.8. The van der Waals surface area contributed by atoms with Gasteiger partial charge in [0.05, 0.1) is 22.6 Å². The van der Waals surface area contributed by atoms with Gasteiger partial charge in [0.2, 0.25) is 0 Å². The predicted octanol–water partition coefficient (Wildman–Crippen LogP) is 3.17. The molecule has 4 aromatic rings. The Morgan fingerprint density at radius 2 is 2.08 bits per heavy atom. The summed E-state index contributed by atoms with van der Waals surface area (Å²) in [6, 6.07) is 9.51. The average Bonchev–Trinajstić information content (AvgIpc) is 3.22. The van der Waals surface area contributed by atoms with E-state index in [1.165, 1.54) is 18.0 Å². The number of H-pyrrole nitrogens is 1. The lowest BCUT2D eigenvalue weighted by atomic mass is 10.3. The standard InChI is InChI=1S/C16H13N5OS2/c1-10-18-11(8-23-10)9-24-16-19-14-13(7-17-20-14)15(22)21(16)12-5-3-2-4-6-12/h2-8H,9H2,1H3,(H,17,20). The number of thiazole rings is 1. The maximum atomic E-state index is 12.9. The van der Waals surface area contributed by atoms with Gasteiger partial charge in [0.1, 0.15) is 5.39 Å². The number of aromatic nitrogens is 5. The van der Waals surface area contributed by atoms with Crippen LogP contribution in [-0.2, 0) is 5.75 Å². The number of rotatable bonds is 4. The minimum Gasteiger partial charge on any atom is -0.268 e. The van der Waals surface area contributed by atoms with Gasteiger partial charge in [0, 0.05) is 11.1 Å². The number of nitrogens with one attached hydrogen (secondary N) is 1. The molecule has 3 heterocycles. The first kappa shape index (κ1) is 15.1. The first-order valence-electron chi connectivity index (χ1n) is 7.28. The molecule has 0 amide bonds. The van der Waals surface area contributed by atoms with Gasteiger partial charge < -0.3 is 0 Å². The summed E-state index contributed by atoms with van der Waals surface area (Å²) >= 11 is 3.11. The molecule has 0 atom stereocenters. The number of fused-ring (bicyclic) bond motifs is 1. The molecule has 0 saturated carbocycles. The molecule has 0 bridgehead atoms. The van der Waals surface area contributed by atoms with E-state index in [2.05, 4.69) is 20.2 Å². The fourth-order valence-electron chi connectivity index (χ4n) is 2.39. The molecule has 0 fully saturated rings. The molecule has 0 spiro atoms. The van der Waals surface area contributed by atoms with Crippen molar-refractivity contribution < 1.29 is 0 Å². The van der Waals surface area contributed by atoms with Crippen LogP contribution < -0.4 is 5.56 Å². The van der Waals surface area contributed by atoms with Crippen LogP contribution in [0.2, 0.25) is 0 Å². The van der Waals surface area contributed by atoms with Crippen LogP contribution in [0.3, 0.4) is 0 Å². The molecule has 6 nitrogen and oxygen atoms in total. The van der Waals surface area contributed by atoms with Gasteiger partial charge >= 0.3 is 0 Å². The highest BCUT2D eigenvalue weighted by atomic mass is 32.2. The van der Waals surface area contributed by atoms with E-state index in [0.717, 1.165) is 16.4 Å². The van der Waals surface area contributed by atoms with Crippen molar-refractivity contribution in [2.75, 3.05) is 0 Å². The Morgan fingerprint density at radius 3 is 2.83 bits per heavy atom. The summed E-state index contributed by atoms with van der Waals surface area (Å²) in [6.45, 7) is 1.98. The molecule has 0 saturated heterocycles. The Labute approximate surface area is 145 Å². The second-order valence-electron chi connectivity index (χ2n) is 5.15. The highest BCUT2D eigenvalue weighted by Crippen LogP contribution is 2.24. The first-order chi connectivity index (χ1) is 11.7. The Hall–Kier alpha value is -2.45. The molecule has 120 valence electrons. The van der Waals surface area contributed by atoms with Gasteiger partial charge in [-0.1, -0.05) is 30.0 Å². The van der Waals surface area contributed by atoms with Gasteiger partial charge in [-0.15, -0.1) is 11.3 Å². The Morgan fingerprint density at radius 1 is 1.25 bits per heavy atom. The molecule has 0 radical (unpaired) electrons. The number of aromatic amines is 1. The molecule has 0 aliphatic carbocycles. The van der Waals surface area contributed by atoms with Crippen LogP contribution >= 0.6 is 23.1 Å². The van der Waals surface area contributed by atoms with Crippen LogP contribution in [0.1, 0.15) is 10.7 Å². The Kier molecular flexibility index (Phi) is 3.91. The van der Waals surface area contributed by atoms with Crippen LogP contribution in [0.15, 0.2) is 51.9 Å². The van der Waals surface area contributed by atoms with Crippen LogP contribution in [0.4, 0.5) is 0 Å². The van der Waals surface area contributed by atoms with Gasteiger partial charge in [-0.25, -0.2) is 9.97 Å². The van der Waals surface area contributed by atoms with Crippen molar-refractivity contribution in [3.8, 4) is 5.69 Å². The summed E-state index contributed by atoms with van der Waals surface area (Å²) < 4.78 is 1.63. The fourth-order valence-corrected chi connectivity index (χ4v) is 4.00. The van der Waals surface area contributed by atoms with Gasteiger partial charge in [-0.05, 0) is 19.1 Å². The molecule has 0 aliphatic rings. The predicted molar refractivity (Wildman–Crippen MR) is 95.9 cm³/mol. The lowest BCUT2D eigenvalue weighted by Crippen LogP contribution is -2.21. The van der Waals surface area contributed by atoms with E-state index in [4.69, 9.17) is 0 Å². The van der Waals surface area contributed by atoms with Crippen molar-refractivity contribution in [1.82, 2.24) is 24.7 Å². The largest absolute Gasteiger partial charge is 0.269 e. The van der Waals surface area contributed by atoms with E-state index < -0.39 is 0 Å². The monoisotopic (exact) mass is 355 g/mol. The summed E-state index contributed by atoms with van der Waals surface area (Å²) in [5.74, 6) is 0.656. The van der Waals surface area contributed by atoms with Crippen LogP contribution in [0.5, 0.6) is 0 Å². The third kappa shape index (κ3) is 2.74. The summed E-state index contributed by atoms with van der Waals surface area (Å²) in [7, 11) is 0. The third-order valence-corrected chi connectivity index (χ3v) is 5.28. The molecule has 0 unspecified atom stereocenters. The van der Waals surface area contributed by atoms with Crippen LogP contribution in [0.25, 0.3) is 16.7 Å². The summed E-state index contributed by atoms with van der Waals surface area (Å²) in [6.07, 6.45) is 1.52. The number of nitrogens with zero attached hydrogens (tertiary/aromatic N) is 4. The molecule has 24 heavy (non-hydrogen) atoms. The van der Waals surface area contributed by atoms with E-state index in [1.54, 1.807) is 15.9 Å². The van der Waals surface area contributed by atoms with Crippen molar-refractivity contribution in [1.29, 1.82) is 0 Å². The summed E-state index contributed by atoms with van der Waals surface area (Å²) in [4.78, 5) is 21.9. The minimum absolute atomic E-state index is 0.128. The van der Waals surface area contributed by atoms with Crippen molar-refractivity contribution in [3.63, 3.8) is 0 Å². The highest BCUT2D eigenvalue weighted by Gasteiger charge is 2.15. The minimum atomic E-state index is -0.128. The number of para-hydroxylation sites is 1. The van der Waals surface area contributed by atoms with E-state index in [-0.39, 0.29) is 5.56 Å². The maximum Gasteiger partial charge on any atom is 0.269 e. The van der Waals surface area contributed by atoms with E-state index in [0.29, 0.717) is 21.9 Å². The number of hydrogen-bond donors (Lipinski definition) is 1. The second-order valence-corrected chi connectivity index (χ2v) is 7.15. The number of hydrogen-bond acceptors (Lipinski definition) is 6. The summed E-state index contributed by atoms with van der Waals surface area (Å²) in [5.41, 5.74) is 2.15. The Bertz CT molecular complexity index is 1050. The molecule has 1 N–H and O–H groups in total. The molecule has 1 aromatic carbocycles.